The third-order valence-corrected chi connectivity index (χ3v) is 5.06. The first-order chi connectivity index (χ1) is 8.15. The molecule has 2 aliphatic rings. The molecule has 0 amide bonds. The summed E-state index contributed by atoms with van der Waals surface area (Å²) in [6.07, 6.45) is 7.49. The third kappa shape index (κ3) is 2.28. The highest BCUT2D eigenvalue weighted by molar-refractivity contribution is 9.09. The van der Waals surface area contributed by atoms with Gasteiger partial charge < -0.3 is 4.57 Å². The van der Waals surface area contributed by atoms with E-state index in [4.69, 9.17) is 0 Å². The van der Waals surface area contributed by atoms with Crippen LogP contribution < -0.4 is 0 Å². The lowest BCUT2D eigenvalue weighted by molar-refractivity contribution is 0.164. The molecule has 0 spiro atoms. The fourth-order valence-electron chi connectivity index (χ4n) is 2.81. The lowest BCUT2D eigenvalue weighted by Crippen LogP contribution is -2.33. The maximum Gasteiger partial charge on any atom is 0.113 e. The summed E-state index contributed by atoms with van der Waals surface area (Å²) in [5.74, 6) is 1.09. The molecule has 2 aliphatic carbocycles. The summed E-state index contributed by atoms with van der Waals surface area (Å²) in [6.45, 7) is 2.15. The minimum atomic E-state index is -0.701. The minimum Gasteiger partial charge on any atom is -0.334 e. The highest BCUT2D eigenvalue weighted by Crippen LogP contribution is 2.41. The van der Waals surface area contributed by atoms with Crippen LogP contribution in [-0.4, -0.2) is 20.5 Å². The van der Waals surface area contributed by atoms with Gasteiger partial charge in [0.1, 0.15) is 6.17 Å². The van der Waals surface area contributed by atoms with Crippen LogP contribution in [0.5, 0.6) is 0 Å². The van der Waals surface area contributed by atoms with Crippen molar-refractivity contribution < 1.29 is 4.39 Å². The van der Waals surface area contributed by atoms with Crippen molar-refractivity contribution in [1.82, 2.24) is 9.55 Å². The van der Waals surface area contributed by atoms with Crippen LogP contribution in [0.15, 0.2) is 12.5 Å². The van der Waals surface area contributed by atoms with Crippen LogP contribution in [0.3, 0.4) is 0 Å². The van der Waals surface area contributed by atoms with Crippen LogP contribution in [0.25, 0.3) is 0 Å². The second-order valence-corrected chi connectivity index (χ2v) is 6.74. The Morgan fingerprint density at radius 2 is 2.18 bits per heavy atom. The Balaban J connectivity index is 1.77. The van der Waals surface area contributed by atoms with E-state index in [1.54, 1.807) is 0 Å². The summed E-state index contributed by atoms with van der Waals surface area (Å²) >= 11 is 3.46. The number of hydrogen-bond donors (Lipinski definition) is 0. The molecule has 0 radical (unpaired) electrons. The van der Waals surface area contributed by atoms with Gasteiger partial charge in [-0.1, -0.05) is 22.9 Å². The number of halogens is 2. The lowest BCUT2D eigenvalue weighted by Gasteiger charge is -2.34. The van der Waals surface area contributed by atoms with Crippen LogP contribution in [0.1, 0.15) is 50.3 Å². The zero-order chi connectivity index (χ0) is 12.0. The Morgan fingerprint density at radius 3 is 2.88 bits per heavy atom. The molecule has 94 valence electrons. The average molecular weight is 301 g/mol. The molecule has 3 rings (SSSR count). The van der Waals surface area contributed by atoms with E-state index in [1.165, 1.54) is 18.5 Å². The number of imidazole rings is 1. The molecule has 0 aliphatic heterocycles. The van der Waals surface area contributed by atoms with E-state index >= 15 is 0 Å². The molecule has 0 N–H and O–H groups in total. The zero-order valence-electron chi connectivity index (χ0n) is 10.0. The molecule has 3 unspecified atom stereocenters. The fraction of sp³-hybridized carbons (Fsp3) is 0.769. The van der Waals surface area contributed by atoms with Crippen LogP contribution in [0, 0.1) is 5.92 Å². The van der Waals surface area contributed by atoms with Crippen molar-refractivity contribution >= 4 is 15.9 Å². The first-order valence-electron chi connectivity index (χ1n) is 6.46. The maximum atomic E-state index is 13.6. The van der Waals surface area contributed by atoms with Crippen molar-refractivity contribution in [3.63, 3.8) is 0 Å². The molecular weight excluding hydrogens is 283 g/mol. The zero-order valence-corrected chi connectivity index (χ0v) is 11.6. The lowest BCUT2D eigenvalue weighted by atomic mass is 9.84. The van der Waals surface area contributed by atoms with Crippen LogP contribution in [0.4, 0.5) is 4.39 Å². The topological polar surface area (TPSA) is 17.8 Å². The van der Waals surface area contributed by atoms with Gasteiger partial charge in [-0.2, -0.15) is 0 Å². The summed E-state index contributed by atoms with van der Waals surface area (Å²) < 4.78 is 15.8. The standard InChI is InChI=1S/C13H18BrFN2/c1-8-4-11(15)10(14)5-13(8)17-6-12(16-7-17)9-2-3-9/h6-11,13H,2-5H2,1H3/t8-,10?,11?,13?/m1/s1. The van der Waals surface area contributed by atoms with E-state index in [1.807, 2.05) is 6.33 Å². The molecule has 4 heteroatoms. The largest absolute Gasteiger partial charge is 0.334 e. The first kappa shape index (κ1) is 11.7. The van der Waals surface area contributed by atoms with E-state index in [0.717, 1.165) is 6.42 Å². The normalized spacial score (nSPS) is 38.3. The van der Waals surface area contributed by atoms with Gasteiger partial charge in [-0.25, -0.2) is 9.37 Å². The molecule has 1 aromatic heterocycles. The first-order valence-corrected chi connectivity index (χ1v) is 7.38. The Morgan fingerprint density at radius 1 is 1.41 bits per heavy atom. The molecule has 0 bridgehead atoms. The van der Waals surface area contributed by atoms with Gasteiger partial charge in [0.25, 0.3) is 0 Å². The molecular formula is C13H18BrFN2. The van der Waals surface area contributed by atoms with Crippen LogP contribution >= 0.6 is 15.9 Å². The smallest absolute Gasteiger partial charge is 0.113 e. The van der Waals surface area contributed by atoms with E-state index in [0.29, 0.717) is 24.3 Å². The van der Waals surface area contributed by atoms with Gasteiger partial charge in [0.2, 0.25) is 0 Å². The van der Waals surface area contributed by atoms with Gasteiger partial charge in [0.15, 0.2) is 0 Å². The second-order valence-electron chi connectivity index (χ2n) is 5.57. The van der Waals surface area contributed by atoms with Gasteiger partial charge in [0, 0.05) is 23.0 Å². The van der Waals surface area contributed by atoms with Crippen molar-refractivity contribution in [3.05, 3.63) is 18.2 Å². The van der Waals surface area contributed by atoms with Gasteiger partial charge in [-0.05, 0) is 31.6 Å². The summed E-state index contributed by atoms with van der Waals surface area (Å²) in [7, 11) is 0. The molecule has 2 fully saturated rings. The SMILES string of the molecule is C[C@@H]1CC(F)C(Br)CC1n1cnc(C2CC2)c1. The second kappa shape index (κ2) is 4.38. The Bertz CT molecular complexity index is 402. The summed E-state index contributed by atoms with van der Waals surface area (Å²) in [4.78, 5) is 4.48. The number of hydrogen-bond acceptors (Lipinski definition) is 1. The average Bonchev–Trinajstić information content (AvgIpc) is 3.03. The Kier molecular flexibility index (Phi) is 3.01. The predicted octanol–water partition coefficient (Wildman–Crippen LogP) is 3.83. The van der Waals surface area contributed by atoms with Crippen LogP contribution in [0.2, 0.25) is 0 Å². The molecule has 0 aromatic carbocycles. The van der Waals surface area contributed by atoms with Gasteiger partial charge >= 0.3 is 0 Å². The van der Waals surface area contributed by atoms with E-state index in [-0.39, 0.29) is 4.83 Å². The van der Waals surface area contributed by atoms with Gasteiger partial charge in [0.05, 0.1) is 12.0 Å². The van der Waals surface area contributed by atoms with Crippen molar-refractivity contribution in [2.75, 3.05) is 0 Å². The molecule has 1 heterocycles. The predicted molar refractivity (Wildman–Crippen MR) is 69.2 cm³/mol. The van der Waals surface area contributed by atoms with Crippen LogP contribution in [-0.2, 0) is 0 Å². The van der Waals surface area contributed by atoms with E-state index in [9.17, 15) is 4.39 Å². The fourth-order valence-corrected chi connectivity index (χ4v) is 3.41. The molecule has 4 atom stereocenters. The minimum absolute atomic E-state index is 0.00419. The molecule has 2 saturated carbocycles. The summed E-state index contributed by atoms with van der Waals surface area (Å²) in [6, 6.07) is 0.395. The molecule has 0 saturated heterocycles. The maximum absolute atomic E-state index is 13.6. The Hall–Kier alpha value is -0.380. The number of rotatable bonds is 2. The van der Waals surface area contributed by atoms with Crippen molar-refractivity contribution in [1.29, 1.82) is 0 Å². The third-order valence-electron chi connectivity index (χ3n) is 4.11. The van der Waals surface area contributed by atoms with Gasteiger partial charge in [-0.15, -0.1) is 0 Å². The monoisotopic (exact) mass is 300 g/mol. The van der Waals surface area contributed by atoms with Gasteiger partial charge in [-0.3, -0.25) is 0 Å². The quantitative estimate of drug-likeness (QED) is 0.759. The van der Waals surface area contributed by atoms with E-state index < -0.39 is 6.17 Å². The number of aromatic nitrogens is 2. The number of alkyl halides is 2. The molecule has 1 aromatic rings. The Labute approximate surface area is 110 Å². The van der Waals surface area contributed by atoms with Crippen molar-refractivity contribution in [2.45, 2.75) is 55.6 Å². The van der Waals surface area contributed by atoms with Crippen molar-refractivity contribution in [2.24, 2.45) is 5.92 Å². The molecule has 17 heavy (non-hydrogen) atoms. The highest BCUT2D eigenvalue weighted by Gasteiger charge is 2.35. The van der Waals surface area contributed by atoms with E-state index in [2.05, 4.69) is 38.6 Å². The number of nitrogens with zero attached hydrogens (tertiary/aromatic N) is 2. The summed E-state index contributed by atoms with van der Waals surface area (Å²) in [5.41, 5.74) is 1.23. The molecule has 2 nitrogen and oxygen atoms in total. The highest BCUT2D eigenvalue weighted by atomic mass is 79.9. The van der Waals surface area contributed by atoms with Crippen molar-refractivity contribution in [3.8, 4) is 0 Å². The summed E-state index contributed by atoms with van der Waals surface area (Å²) in [5, 5.41) is 0.